The Morgan fingerprint density at radius 2 is 1.62 bits per heavy atom. The molecule has 1 amide bonds. The lowest BCUT2D eigenvalue weighted by atomic mass is 10.1. The van der Waals surface area contributed by atoms with Crippen LogP contribution in [0.25, 0.3) is 28.0 Å². The Hall–Kier alpha value is -5.18. The number of carbonyl (C=O) groups excluding carboxylic acids is 2. The van der Waals surface area contributed by atoms with E-state index < -0.39 is 18.5 Å². The van der Waals surface area contributed by atoms with Crippen molar-refractivity contribution in [3.05, 3.63) is 96.2 Å². The Morgan fingerprint density at radius 3 is 2.33 bits per heavy atom. The highest BCUT2D eigenvalue weighted by atomic mass is 16.5. The van der Waals surface area contributed by atoms with E-state index in [0.717, 1.165) is 11.3 Å². The van der Waals surface area contributed by atoms with Gasteiger partial charge in [-0.2, -0.15) is 5.10 Å². The van der Waals surface area contributed by atoms with Crippen LogP contribution in [0, 0.1) is 6.92 Å². The fourth-order valence-electron chi connectivity index (χ4n) is 4.22. The number of benzene rings is 3. The second kappa shape index (κ2) is 11.1. The van der Waals surface area contributed by atoms with Gasteiger partial charge in [0.15, 0.2) is 12.3 Å². The summed E-state index contributed by atoms with van der Waals surface area (Å²) in [6.45, 7) is 1.34. The molecule has 0 bridgehead atoms. The molecular weight excluding hydrogens is 496 g/mol. The summed E-state index contributed by atoms with van der Waals surface area (Å²) in [5, 5.41) is 7.93. The van der Waals surface area contributed by atoms with Crippen molar-refractivity contribution in [2.45, 2.75) is 6.92 Å². The number of rotatable bonds is 8. The zero-order chi connectivity index (χ0) is 27.4. The fourth-order valence-corrected chi connectivity index (χ4v) is 4.22. The molecule has 9 heteroatoms. The number of carbonyl (C=O) groups is 2. The van der Waals surface area contributed by atoms with Crippen LogP contribution >= 0.6 is 0 Å². The zero-order valence-corrected chi connectivity index (χ0v) is 21.7. The normalized spacial score (nSPS) is 10.7. The predicted molar refractivity (Wildman–Crippen MR) is 147 cm³/mol. The first-order valence-electron chi connectivity index (χ1n) is 12.2. The molecule has 3 aromatic carbocycles. The van der Waals surface area contributed by atoms with Gasteiger partial charge in [0.05, 0.1) is 42.2 Å². The van der Waals surface area contributed by atoms with Crippen molar-refractivity contribution in [2.75, 3.05) is 26.1 Å². The number of fused-ring (bicyclic) bond motifs is 1. The van der Waals surface area contributed by atoms with Crippen LogP contribution in [-0.4, -0.2) is 47.5 Å². The predicted octanol–water partition coefficient (Wildman–Crippen LogP) is 5.21. The number of esters is 1. The van der Waals surface area contributed by atoms with E-state index in [0.29, 0.717) is 39.6 Å². The second-order valence-corrected chi connectivity index (χ2v) is 8.67. The van der Waals surface area contributed by atoms with Gasteiger partial charge in [0, 0.05) is 17.3 Å². The third kappa shape index (κ3) is 5.42. The summed E-state index contributed by atoms with van der Waals surface area (Å²) in [6, 6.07) is 25.5. The molecule has 0 spiro atoms. The highest BCUT2D eigenvalue weighted by molar-refractivity contribution is 6.06. The van der Waals surface area contributed by atoms with Crippen LogP contribution in [0.1, 0.15) is 16.1 Å². The topological polar surface area (TPSA) is 105 Å². The maximum atomic E-state index is 13.4. The molecule has 196 valence electrons. The maximum Gasteiger partial charge on any atom is 0.339 e. The number of hydrogen-bond acceptors (Lipinski definition) is 7. The lowest BCUT2D eigenvalue weighted by Crippen LogP contribution is -2.21. The molecule has 0 radical (unpaired) electrons. The summed E-state index contributed by atoms with van der Waals surface area (Å²) >= 11 is 0. The highest BCUT2D eigenvalue weighted by Crippen LogP contribution is 2.30. The summed E-state index contributed by atoms with van der Waals surface area (Å²) in [6.07, 6.45) is 0. The van der Waals surface area contributed by atoms with Crippen molar-refractivity contribution in [1.29, 1.82) is 0 Å². The molecule has 0 unspecified atom stereocenters. The summed E-state index contributed by atoms with van der Waals surface area (Å²) in [7, 11) is 3.14. The Labute approximate surface area is 225 Å². The van der Waals surface area contributed by atoms with Gasteiger partial charge in [-0.15, -0.1) is 0 Å². The van der Waals surface area contributed by atoms with Crippen LogP contribution in [0.4, 0.5) is 5.69 Å². The van der Waals surface area contributed by atoms with Crippen molar-refractivity contribution < 1.29 is 23.8 Å². The van der Waals surface area contributed by atoms with E-state index in [1.807, 2.05) is 61.5 Å². The van der Waals surface area contributed by atoms with Gasteiger partial charge in [-0.25, -0.2) is 14.5 Å². The summed E-state index contributed by atoms with van der Waals surface area (Å²) in [5.41, 5.74) is 4.03. The maximum absolute atomic E-state index is 13.4. The van der Waals surface area contributed by atoms with Gasteiger partial charge in [-0.05, 0) is 61.5 Å². The van der Waals surface area contributed by atoms with E-state index in [2.05, 4.69) is 10.4 Å². The zero-order valence-electron chi connectivity index (χ0n) is 21.7. The van der Waals surface area contributed by atoms with Gasteiger partial charge in [0.2, 0.25) is 0 Å². The summed E-state index contributed by atoms with van der Waals surface area (Å²) < 4.78 is 17.6. The van der Waals surface area contributed by atoms with E-state index >= 15 is 0 Å². The Balaban J connectivity index is 1.49. The molecule has 2 heterocycles. The number of aryl methyl sites for hydroxylation is 1. The lowest BCUT2D eigenvalue weighted by Gasteiger charge is -2.11. The number of nitrogens with one attached hydrogen (secondary N) is 1. The third-order valence-corrected chi connectivity index (χ3v) is 6.11. The highest BCUT2D eigenvalue weighted by Gasteiger charge is 2.22. The smallest absolute Gasteiger partial charge is 0.339 e. The summed E-state index contributed by atoms with van der Waals surface area (Å²) in [4.78, 5) is 30.8. The van der Waals surface area contributed by atoms with Gasteiger partial charge < -0.3 is 19.5 Å². The van der Waals surface area contributed by atoms with Crippen molar-refractivity contribution >= 4 is 28.6 Å². The van der Waals surface area contributed by atoms with Gasteiger partial charge >= 0.3 is 5.97 Å². The first-order valence-corrected chi connectivity index (χ1v) is 12.2. The number of ether oxygens (including phenoxy) is 3. The van der Waals surface area contributed by atoms with Crippen LogP contribution in [0.5, 0.6) is 11.5 Å². The Kier molecular flexibility index (Phi) is 7.22. The van der Waals surface area contributed by atoms with Crippen LogP contribution in [-0.2, 0) is 9.53 Å². The molecule has 0 aliphatic carbocycles. The quantitative estimate of drug-likeness (QED) is 0.279. The third-order valence-electron chi connectivity index (χ3n) is 6.11. The number of methoxy groups -OCH3 is 2. The first kappa shape index (κ1) is 25.5. The molecule has 39 heavy (non-hydrogen) atoms. The van der Waals surface area contributed by atoms with Gasteiger partial charge in [-0.1, -0.05) is 24.3 Å². The van der Waals surface area contributed by atoms with E-state index in [1.54, 1.807) is 49.2 Å². The molecule has 2 aromatic heterocycles. The average molecular weight is 523 g/mol. The first-order chi connectivity index (χ1) is 19.0. The van der Waals surface area contributed by atoms with Crippen molar-refractivity contribution in [1.82, 2.24) is 14.8 Å². The minimum Gasteiger partial charge on any atom is -0.497 e. The second-order valence-electron chi connectivity index (χ2n) is 8.67. The molecule has 1 N–H and O–H groups in total. The number of amides is 1. The van der Waals surface area contributed by atoms with E-state index in [9.17, 15) is 9.59 Å². The average Bonchev–Trinajstić information content (AvgIpc) is 3.32. The monoisotopic (exact) mass is 522 g/mol. The Bertz CT molecular complexity index is 1650. The van der Waals surface area contributed by atoms with Crippen LogP contribution in [0.15, 0.2) is 84.9 Å². The molecule has 0 saturated heterocycles. The standard InChI is InChI=1S/C30H26N4O5/c1-19-28-25(30(36)39-18-27(35)31-21-8-7-11-24(16-21)38-3)17-26(20-12-14-23(37-2)15-13-20)32-29(28)34(33-19)22-9-5-4-6-10-22/h4-17H,18H2,1-3H3,(H,31,35). The number of aromatic nitrogens is 3. The van der Waals surface area contributed by atoms with Crippen molar-refractivity contribution in [2.24, 2.45) is 0 Å². The van der Waals surface area contributed by atoms with Crippen LogP contribution in [0.2, 0.25) is 0 Å². The number of pyridine rings is 1. The van der Waals surface area contributed by atoms with E-state index in [4.69, 9.17) is 19.2 Å². The van der Waals surface area contributed by atoms with Crippen molar-refractivity contribution in [3.63, 3.8) is 0 Å². The Morgan fingerprint density at radius 1 is 0.872 bits per heavy atom. The lowest BCUT2D eigenvalue weighted by molar-refractivity contribution is -0.119. The molecule has 0 fully saturated rings. The van der Waals surface area contributed by atoms with Crippen molar-refractivity contribution in [3.8, 4) is 28.4 Å². The molecule has 0 aliphatic rings. The summed E-state index contributed by atoms with van der Waals surface area (Å²) in [5.74, 6) is 0.162. The van der Waals surface area contributed by atoms with Gasteiger partial charge in [0.25, 0.3) is 5.91 Å². The van der Waals surface area contributed by atoms with E-state index in [-0.39, 0.29) is 5.56 Å². The fraction of sp³-hybridized carbons (Fsp3) is 0.133. The molecule has 0 atom stereocenters. The van der Waals surface area contributed by atoms with Gasteiger partial charge in [-0.3, -0.25) is 4.79 Å². The molecule has 9 nitrogen and oxygen atoms in total. The van der Waals surface area contributed by atoms with Crippen LogP contribution < -0.4 is 14.8 Å². The molecule has 5 rings (SSSR count). The van der Waals surface area contributed by atoms with Gasteiger partial charge in [0.1, 0.15) is 11.5 Å². The minimum atomic E-state index is -0.659. The largest absolute Gasteiger partial charge is 0.497 e. The molecule has 5 aromatic rings. The number of para-hydroxylation sites is 1. The number of nitrogens with zero attached hydrogens (tertiary/aromatic N) is 3. The number of hydrogen-bond donors (Lipinski definition) is 1. The molecular formula is C30H26N4O5. The minimum absolute atomic E-state index is 0.264. The van der Waals surface area contributed by atoms with Crippen LogP contribution in [0.3, 0.4) is 0 Å². The molecule has 0 saturated carbocycles. The van der Waals surface area contributed by atoms with E-state index in [1.165, 1.54) is 0 Å². The molecule has 0 aliphatic heterocycles. The SMILES string of the molecule is COc1ccc(-c2cc(C(=O)OCC(=O)Nc3cccc(OC)c3)c3c(C)nn(-c4ccccc4)c3n2)cc1. The number of anilines is 1.